The van der Waals surface area contributed by atoms with Gasteiger partial charge < -0.3 is 15.0 Å². The standard InChI is InChI=1S/C14H22N2O/c1-11(15-2)12-4-5-14-13(10-12)6-7-16(14)8-9-17-3/h4-5,10-11,15H,6-9H2,1-3H3. The summed E-state index contributed by atoms with van der Waals surface area (Å²) in [5.74, 6) is 0. The van der Waals surface area contributed by atoms with E-state index < -0.39 is 0 Å². The highest BCUT2D eigenvalue weighted by Crippen LogP contribution is 2.30. The van der Waals surface area contributed by atoms with Crippen LogP contribution in [0.4, 0.5) is 5.69 Å². The second-order valence-corrected chi connectivity index (χ2v) is 4.63. The van der Waals surface area contributed by atoms with E-state index in [1.807, 2.05) is 7.05 Å². The molecule has 1 aliphatic rings. The largest absolute Gasteiger partial charge is 0.383 e. The number of fused-ring (bicyclic) bond motifs is 1. The first-order valence-electron chi connectivity index (χ1n) is 6.30. The zero-order chi connectivity index (χ0) is 12.3. The van der Waals surface area contributed by atoms with E-state index in [1.165, 1.54) is 16.8 Å². The fourth-order valence-electron chi connectivity index (χ4n) is 2.36. The van der Waals surface area contributed by atoms with Crippen LogP contribution in [0.1, 0.15) is 24.1 Å². The Morgan fingerprint density at radius 2 is 2.29 bits per heavy atom. The van der Waals surface area contributed by atoms with Crippen molar-refractivity contribution in [3.8, 4) is 0 Å². The second-order valence-electron chi connectivity index (χ2n) is 4.63. The monoisotopic (exact) mass is 234 g/mol. The maximum absolute atomic E-state index is 5.15. The molecule has 0 saturated heterocycles. The molecule has 1 aromatic carbocycles. The predicted octanol–water partition coefficient (Wildman–Crippen LogP) is 1.98. The van der Waals surface area contributed by atoms with Crippen LogP contribution >= 0.6 is 0 Å². The number of hydrogen-bond acceptors (Lipinski definition) is 3. The quantitative estimate of drug-likeness (QED) is 0.843. The third-order valence-electron chi connectivity index (χ3n) is 3.59. The molecule has 1 N–H and O–H groups in total. The number of benzene rings is 1. The number of nitrogens with zero attached hydrogens (tertiary/aromatic N) is 1. The van der Waals surface area contributed by atoms with E-state index in [0.717, 1.165) is 26.1 Å². The first-order chi connectivity index (χ1) is 8.26. The van der Waals surface area contributed by atoms with Crippen LogP contribution in [0.3, 0.4) is 0 Å². The Bertz CT molecular complexity index is 378. The van der Waals surface area contributed by atoms with E-state index in [0.29, 0.717) is 6.04 Å². The molecule has 3 nitrogen and oxygen atoms in total. The lowest BCUT2D eigenvalue weighted by molar-refractivity contribution is 0.205. The van der Waals surface area contributed by atoms with Gasteiger partial charge in [0.2, 0.25) is 0 Å². The number of nitrogens with one attached hydrogen (secondary N) is 1. The van der Waals surface area contributed by atoms with Gasteiger partial charge in [-0.05, 0) is 37.6 Å². The van der Waals surface area contributed by atoms with Gasteiger partial charge in [0.1, 0.15) is 0 Å². The van der Waals surface area contributed by atoms with Gasteiger partial charge in [0.25, 0.3) is 0 Å². The van der Waals surface area contributed by atoms with Gasteiger partial charge in [-0.25, -0.2) is 0 Å². The van der Waals surface area contributed by atoms with Crippen LogP contribution in [-0.2, 0) is 11.2 Å². The Balaban J connectivity index is 2.14. The van der Waals surface area contributed by atoms with Crippen molar-refractivity contribution in [1.82, 2.24) is 5.32 Å². The van der Waals surface area contributed by atoms with E-state index in [2.05, 4.69) is 35.3 Å². The van der Waals surface area contributed by atoms with Crippen LogP contribution in [0.5, 0.6) is 0 Å². The minimum absolute atomic E-state index is 0.424. The normalized spacial score (nSPS) is 16.1. The van der Waals surface area contributed by atoms with Gasteiger partial charge in [-0.2, -0.15) is 0 Å². The van der Waals surface area contributed by atoms with Crippen molar-refractivity contribution in [2.75, 3.05) is 38.8 Å². The molecule has 0 bridgehead atoms. The van der Waals surface area contributed by atoms with Crippen LogP contribution in [0.15, 0.2) is 18.2 Å². The van der Waals surface area contributed by atoms with Crippen molar-refractivity contribution in [3.63, 3.8) is 0 Å². The van der Waals surface area contributed by atoms with Gasteiger partial charge in [-0.15, -0.1) is 0 Å². The molecule has 17 heavy (non-hydrogen) atoms. The molecule has 0 fully saturated rings. The first-order valence-corrected chi connectivity index (χ1v) is 6.30. The third-order valence-corrected chi connectivity index (χ3v) is 3.59. The molecule has 1 aliphatic heterocycles. The third kappa shape index (κ3) is 2.61. The maximum atomic E-state index is 5.15. The summed E-state index contributed by atoms with van der Waals surface area (Å²) >= 11 is 0. The molecule has 0 spiro atoms. The summed E-state index contributed by atoms with van der Waals surface area (Å²) in [6.45, 7) is 5.11. The molecular weight excluding hydrogens is 212 g/mol. The van der Waals surface area contributed by atoms with Gasteiger partial charge in [0.05, 0.1) is 6.61 Å². The summed E-state index contributed by atoms with van der Waals surface area (Å²) in [6, 6.07) is 7.24. The van der Waals surface area contributed by atoms with Crippen LogP contribution < -0.4 is 10.2 Å². The minimum Gasteiger partial charge on any atom is -0.383 e. The summed E-state index contributed by atoms with van der Waals surface area (Å²) in [7, 11) is 3.76. The highest BCUT2D eigenvalue weighted by molar-refractivity contribution is 5.59. The minimum atomic E-state index is 0.424. The maximum Gasteiger partial charge on any atom is 0.0637 e. The molecular formula is C14H22N2O. The highest BCUT2D eigenvalue weighted by Gasteiger charge is 2.19. The Labute approximate surface area is 104 Å². The molecule has 0 radical (unpaired) electrons. The van der Waals surface area contributed by atoms with Crippen molar-refractivity contribution in [1.29, 1.82) is 0 Å². The van der Waals surface area contributed by atoms with Gasteiger partial charge in [-0.1, -0.05) is 12.1 Å². The van der Waals surface area contributed by atoms with Crippen molar-refractivity contribution in [2.45, 2.75) is 19.4 Å². The fraction of sp³-hybridized carbons (Fsp3) is 0.571. The second kappa shape index (κ2) is 5.52. The number of ether oxygens (including phenoxy) is 1. The summed E-state index contributed by atoms with van der Waals surface area (Å²) < 4.78 is 5.15. The fourth-order valence-corrected chi connectivity index (χ4v) is 2.36. The topological polar surface area (TPSA) is 24.5 Å². The van der Waals surface area contributed by atoms with Gasteiger partial charge in [-0.3, -0.25) is 0 Å². The van der Waals surface area contributed by atoms with Gasteiger partial charge in [0.15, 0.2) is 0 Å². The molecule has 2 rings (SSSR count). The molecule has 0 aliphatic carbocycles. The average molecular weight is 234 g/mol. The number of anilines is 1. The molecule has 3 heteroatoms. The number of rotatable bonds is 5. The molecule has 1 heterocycles. The smallest absolute Gasteiger partial charge is 0.0637 e. The Hall–Kier alpha value is -1.06. The molecule has 0 aromatic heterocycles. The summed E-state index contributed by atoms with van der Waals surface area (Å²) in [5, 5.41) is 3.28. The van der Waals surface area contributed by atoms with Gasteiger partial charge >= 0.3 is 0 Å². The van der Waals surface area contributed by atoms with Crippen molar-refractivity contribution in [2.24, 2.45) is 0 Å². The molecule has 0 saturated carbocycles. The van der Waals surface area contributed by atoms with Crippen LogP contribution in [0.2, 0.25) is 0 Å². The van der Waals surface area contributed by atoms with E-state index in [4.69, 9.17) is 4.74 Å². The predicted molar refractivity (Wildman–Crippen MR) is 71.7 cm³/mol. The number of methoxy groups -OCH3 is 1. The SMILES string of the molecule is CNC(C)c1ccc2c(c1)CCN2CCOC. The van der Waals surface area contributed by atoms with E-state index >= 15 is 0 Å². The van der Waals surface area contributed by atoms with Crippen molar-refractivity contribution >= 4 is 5.69 Å². The van der Waals surface area contributed by atoms with E-state index in [1.54, 1.807) is 7.11 Å². The lowest BCUT2D eigenvalue weighted by atomic mass is 10.0. The highest BCUT2D eigenvalue weighted by atomic mass is 16.5. The molecule has 94 valence electrons. The Morgan fingerprint density at radius 3 is 3.00 bits per heavy atom. The molecule has 1 aromatic rings. The van der Waals surface area contributed by atoms with E-state index in [-0.39, 0.29) is 0 Å². The summed E-state index contributed by atoms with van der Waals surface area (Å²) in [4.78, 5) is 2.41. The van der Waals surface area contributed by atoms with Crippen LogP contribution in [0.25, 0.3) is 0 Å². The Kier molecular flexibility index (Phi) is 4.02. The number of hydrogen-bond donors (Lipinski definition) is 1. The zero-order valence-electron chi connectivity index (χ0n) is 11.0. The van der Waals surface area contributed by atoms with Crippen molar-refractivity contribution in [3.05, 3.63) is 29.3 Å². The summed E-state index contributed by atoms with van der Waals surface area (Å²) in [6.07, 6.45) is 1.16. The van der Waals surface area contributed by atoms with Crippen molar-refractivity contribution < 1.29 is 4.74 Å². The lowest BCUT2D eigenvalue weighted by Gasteiger charge is -2.19. The van der Waals surface area contributed by atoms with Gasteiger partial charge in [0, 0.05) is 31.9 Å². The van der Waals surface area contributed by atoms with Crippen LogP contribution in [0, 0.1) is 0 Å². The zero-order valence-corrected chi connectivity index (χ0v) is 11.0. The molecule has 1 unspecified atom stereocenters. The average Bonchev–Trinajstić information content (AvgIpc) is 2.77. The van der Waals surface area contributed by atoms with E-state index in [9.17, 15) is 0 Å². The molecule has 0 amide bonds. The summed E-state index contributed by atoms with van der Waals surface area (Å²) in [5.41, 5.74) is 4.23. The lowest BCUT2D eigenvalue weighted by Crippen LogP contribution is -2.24. The van der Waals surface area contributed by atoms with Crippen LogP contribution in [-0.4, -0.2) is 33.9 Å². The molecule has 1 atom stereocenters. The Morgan fingerprint density at radius 1 is 1.47 bits per heavy atom. The first kappa shape index (κ1) is 12.4.